The van der Waals surface area contributed by atoms with Gasteiger partial charge in [0, 0.05) is 6.42 Å². The molecule has 0 aliphatic heterocycles. The Balaban J connectivity index is 2.00. The summed E-state index contributed by atoms with van der Waals surface area (Å²) in [4.78, 5) is 22.8. The first kappa shape index (κ1) is 28.0. The lowest BCUT2D eigenvalue weighted by molar-refractivity contribution is -0.137. The van der Waals surface area contributed by atoms with Crippen molar-refractivity contribution >= 4 is 11.9 Å². The fourth-order valence-corrected chi connectivity index (χ4v) is 3.60. The molecule has 32 heavy (non-hydrogen) atoms. The molecule has 1 N–H and O–H groups in total. The number of hydrogen-bond donors (Lipinski definition) is 1. The molecule has 1 aromatic rings. The lowest BCUT2D eigenvalue weighted by Crippen LogP contribution is -2.24. The van der Waals surface area contributed by atoms with Crippen molar-refractivity contribution in [1.82, 2.24) is 0 Å². The van der Waals surface area contributed by atoms with Crippen LogP contribution in [0.4, 0.5) is 0 Å². The maximum Gasteiger partial charge on any atom is 0.342 e. The van der Waals surface area contributed by atoms with E-state index in [9.17, 15) is 9.59 Å². The molecule has 0 saturated carbocycles. The lowest BCUT2D eigenvalue weighted by Gasteiger charge is -2.20. The zero-order valence-electron chi connectivity index (χ0n) is 20.5. The van der Waals surface area contributed by atoms with Crippen molar-refractivity contribution < 1.29 is 24.2 Å². The van der Waals surface area contributed by atoms with Crippen molar-refractivity contribution in [3.8, 4) is 5.75 Å². The smallest absolute Gasteiger partial charge is 0.342 e. The van der Waals surface area contributed by atoms with E-state index >= 15 is 0 Å². The van der Waals surface area contributed by atoms with Crippen LogP contribution in [-0.2, 0) is 9.53 Å². The Labute approximate surface area is 194 Å². The van der Waals surface area contributed by atoms with Crippen molar-refractivity contribution in [2.24, 2.45) is 0 Å². The normalized spacial score (nSPS) is 11.3. The van der Waals surface area contributed by atoms with E-state index in [1.807, 2.05) is 39.0 Å². The number of unbranched alkanes of at least 4 members (excludes halogenated alkanes) is 12. The minimum atomic E-state index is -0.680. The van der Waals surface area contributed by atoms with Gasteiger partial charge in [0.05, 0.1) is 6.61 Å². The molecular weight excluding hydrogens is 404 g/mol. The van der Waals surface area contributed by atoms with Crippen LogP contribution in [-0.4, -0.2) is 29.3 Å². The monoisotopic (exact) mass is 448 g/mol. The van der Waals surface area contributed by atoms with Gasteiger partial charge in [-0.15, -0.1) is 0 Å². The van der Waals surface area contributed by atoms with Crippen molar-refractivity contribution in [3.63, 3.8) is 0 Å². The van der Waals surface area contributed by atoms with Gasteiger partial charge in [-0.2, -0.15) is 0 Å². The summed E-state index contributed by atoms with van der Waals surface area (Å²) in [6, 6.07) is 7.29. The quantitative estimate of drug-likeness (QED) is 0.185. The highest BCUT2D eigenvalue weighted by atomic mass is 16.6. The second-order valence-corrected chi connectivity index (χ2v) is 9.59. The van der Waals surface area contributed by atoms with Gasteiger partial charge in [0.25, 0.3) is 0 Å². The van der Waals surface area contributed by atoms with Gasteiger partial charge in [0.15, 0.2) is 0 Å². The average Bonchev–Trinajstić information content (AvgIpc) is 2.72. The van der Waals surface area contributed by atoms with E-state index in [1.54, 1.807) is 6.07 Å². The molecule has 1 rings (SSSR count). The minimum absolute atomic E-state index is 0.311. The second kappa shape index (κ2) is 16.6. The fraction of sp³-hybridized carbons (Fsp3) is 0.704. The number of benzene rings is 1. The summed E-state index contributed by atoms with van der Waals surface area (Å²) in [5.74, 6) is -0.420. The zero-order chi connectivity index (χ0) is 23.7. The van der Waals surface area contributed by atoms with Crippen LogP contribution >= 0.6 is 0 Å². The fourth-order valence-electron chi connectivity index (χ4n) is 3.60. The first-order valence-electron chi connectivity index (χ1n) is 12.5. The highest BCUT2D eigenvalue weighted by Gasteiger charge is 2.20. The third-order valence-electron chi connectivity index (χ3n) is 5.30. The van der Waals surface area contributed by atoms with Crippen LogP contribution in [0.25, 0.3) is 0 Å². The predicted octanol–water partition coefficient (Wildman–Crippen LogP) is 7.57. The van der Waals surface area contributed by atoms with Crippen molar-refractivity contribution in [1.29, 1.82) is 0 Å². The first-order valence-corrected chi connectivity index (χ1v) is 12.5. The van der Waals surface area contributed by atoms with E-state index in [0.29, 0.717) is 24.3 Å². The van der Waals surface area contributed by atoms with Crippen LogP contribution in [0.3, 0.4) is 0 Å². The molecule has 0 aliphatic carbocycles. The van der Waals surface area contributed by atoms with Gasteiger partial charge >= 0.3 is 11.9 Å². The molecule has 0 aliphatic rings. The maximum atomic E-state index is 12.3. The van der Waals surface area contributed by atoms with Crippen LogP contribution in [0.2, 0.25) is 0 Å². The molecule has 0 amide bonds. The Morgan fingerprint density at radius 1 is 0.750 bits per heavy atom. The lowest BCUT2D eigenvalue weighted by atomic mass is 10.0. The van der Waals surface area contributed by atoms with E-state index in [1.165, 1.54) is 51.4 Å². The second-order valence-electron chi connectivity index (χ2n) is 9.59. The summed E-state index contributed by atoms with van der Waals surface area (Å²) in [6.45, 7) is 6.21. The Kier molecular flexibility index (Phi) is 14.5. The SMILES string of the molecule is CC(C)(C)OC(=O)c1ccccc1OCCCCCCCCCCCCCCCC(=O)O. The Bertz CT molecular complexity index is 648. The molecule has 0 aromatic heterocycles. The van der Waals surface area contributed by atoms with Gasteiger partial charge in [-0.25, -0.2) is 4.79 Å². The third kappa shape index (κ3) is 14.9. The number of hydrogen-bond acceptors (Lipinski definition) is 4. The molecule has 1 aromatic carbocycles. The number of carbonyl (C=O) groups excluding carboxylic acids is 1. The molecule has 5 nitrogen and oxygen atoms in total. The van der Waals surface area contributed by atoms with E-state index in [2.05, 4.69) is 0 Å². The average molecular weight is 449 g/mol. The number of carboxylic acids is 1. The number of carbonyl (C=O) groups is 2. The van der Waals surface area contributed by atoms with Crippen LogP contribution in [0.1, 0.15) is 121 Å². The summed E-state index contributed by atoms with van der Waals surface area (Å²) in [7, 11) is 0. The van der Waals surface area contributed by atoms with E-state index in [4.69, 9.17) is 14.6 Å². The van der Waals surface area contributed by atoms with E-state index < -0.39 is 11.6 Å². The molecule has 0 spiro atoms. The highest BCUT2D eigenvalue weighted by molar-refractivity contribution is 5.92. The van der Waals surface area contributed by atoms with Crippen LogP contribution in [0, 0.1) is 0 Å². The summed E-state index contributed by atoms with van der Waals surface area (Å²) < 4.78 is 11.3. The maximum absolute atomic E-state index is 12.3. The molecule has 0 atom stereocenters. The van der Waals surface area contributed by atoms with Crippen molar-refractivity contribution in [3.05, 3.63) is 29.8 Å². The van der Waals surface area contributed by atoms with Gasteiger partial charge in [-0.05, 0) is 45.7 Å². The number of para-hydroxylation sites is 1. The predicted molar refractivity (Wildman–Crippen MR) is 129 cm³/mol. The van der Waals surface area contributed by atoms with Crippen molar-refractivity contribution in [2.75, 3.05) is 6.61 Å². The molecule has 182 valence electrons. The number of rotatable bonds is 18. The van der Waals surface area contributed by atoms with E-state index in [0.717, 1.165) is 32.1 Å². The zero-order valence-corrected chi connectivity index (χ0v) is 20.5. The van der Waals surface area contributed by atoms with Gasteiger partial charge in [-0.1, -0.05) is 82.8 Å². The topological polar surface area (TPSA) is 72.8 Å². The number of esters is 1. The van der Waals surface area contributed by atoms with Gasteiger partial charge in [-0.3, -0.25) is 4.79 Å². The standard InChI is InChI=1S/C27H44O5/c1-27(2,3)32-26(30)23-19-16-17-20-24(23)31-22-18-14-12-10-8-6-4-5-7-9-11-13-15-21-25(28)29/h16-17,19-20H,4-15,18,21-22H2,1-3H3,(H,28,29). The number of carboxylic acid groups (broad SMARTS) is 1. The summed E-state index contributed by atoms with van der Waals surface area (Å²) in [5, 5.41) is 8.60. The van der Waals surface area contributed by atoms with Crippen LogP contribution in [0.15, 0.2) is 24.3 Å². The molecule has 0 radical (unpaired) electrons. The molecule has 0 unspecified atom stereocenters. The third-order valence-corrected chi connectivity index (χ3v) is 5.30. The van der Waals surface area contributed by atoms with Gasteiger partial charge in [0.1, 0.15) is 16.9 Å². The largest absolute Gasteiger partial charge is 0.493 e. The number of ether oxygens (including phenoxy) is 2. The summed E-state index contributed by atoms with van der Waals surface area (Å²) >= 11 is 0. The minimum Gasteiger partial charge on any atom is -0.493 e. The Hall–Kier alpha value is -2.04. The van der Waals surface area contributed by atoms with Gasteiger partial charge in [0.2, 0.25) is 0 Å². The Morgan fingerprint density at radius 3 is 1.72 bits per heavy atom. The molecule has 0 fully saturated rings. The Morgan fingerprint density at radius 2 is 1.22 bits per heavy atom. The number of aliphatic carboxylic acids is 1. The molecule has 0 heterocycles. The summed E-state index contributed by atoms with van der Waals surface area (Å²) in [5.41, 5.74) is -0.0317. The molecular formula is C27H44O5. The molecule has 5 heteroatoms. The van der Waals surface area contributed by atoms with Gasteiger partial charge < -0.3 is 14.6 Å². The summed E-state index contributed by atoms with van der Waals surface area (Å²) in [6.07, 6.45) is 15.7. The highest BCUT2D eigenvalue weighted by Crippen LogP contribution is 2.22. The first-order chi connectivity index (χ1) is 15.3. The molecule has 0 saturated heterocycles. The van der Waals surface area contributed by atoms with Crippen LogP contribution in [0.5, 0.6) is 5.75 Å². The molecule has 0 bridgehead atoms. The van der Waals surface area contributed by atoms with Crippen LogP contribution < -0.4 is 4.74 Å². The van der Waals surface area contributed by atoms with Crippen molar-refractivity contribution in [2.45, 2.75) is 116 Å². The van der Waals surface area contributed by atoms with E-state index in [-0.39, 0.29) is 5.97 Å².